The van der Waals surface area contributed by atoms with Gasteiger partial charge in [0.2, 0.25) is 17.1 Å². The third kappa shape index (κ3) is 4.72. The fraction of sp³-hybridized carbons (Fsp3) is 0.308. The quantitative estimate of drug-likeness (QED) is 0.470. The summed E-state index contributed by atoms with van der Waals surface area (Å²) in [6, 6.07) is 3.28. The Balaban J connectivity index is 2.46. The van der Waals surface area contributed by atoms with Crippen LogP contribution in [0.2, 0.25) is 0 Å². The lowest BCUT2D eigenvalue weighted by Gasteiger charge is -2.16. The molecule has 3 rings (SSSR count). The average Bonchev–Trinajstić information content (AvgIpc) is 2.78. The lowest BCUT2D eigenvalue weighted by atomic mass is 9.96. The van der Waals surface area contributed by atoms with Gasteiger partial charge < -0.3 is 24.1 Å². The third-order valence-electron chi connectivity index (χ3n) is 5.28. The van der Waals surface area contributed by atoms with Gasteiger partial charge in [-0.05, 0) is 46.6 Å². The van der Waals surface area contributed by atoms with Crippen LogP contribution in [0.4, 0.5) is 0 Å². The Morgan fingerprint density at radius 3 is 2.21 bits per heavy atom. The van der Waals surface area contributed by atoms with Crippen molar-refractivity contribution in [3.05, 3.63) is 63.0 Å². The molecule has 33 heavy (non-hydrogen) atoms. The van der Waals surface area contributed by atoms with Crippen molar-refractivity contribution in [2.24, 2.45) is 0 Å². The van der Waals surface area contributed by atoms with E-state index in [1.165, 1.54) is 20.4 Å². The summed E-state index contributed by atoms with van der Waals surface area (Å²) in [6.07, 6.45) is 5.92. The number of nitrogens with zero attached hydrogens (tertiary/aromatic N) is 1. The fourth-order valence-electron chi connectivity index (χ4n) is 3.53. The number of phenols is 2. The summed E-state index contributed by atoms with van der Waals surface area (Å²) < 4.78 is 16.8. The van der Waals surface area contributed by atoms with Crippen LogP contribution in [-0.4, -0.2) is 29.4 Å². The van der Waals surface area contributed by atoms with Crippen LogP contribution in [0.5, 0.6) is 23.1 Å². The smallest absolute Gasteiger partial charge is 0.239 e. The van der Waals surface area contributed by atoms with E-state index < -0.39 is 5.43 Å². The summed E-state index contributed by atoms with van der Waals surface area (Å²) in [7, 11) is 2.85. The highest BCUT2D eigenvalue weighted by atomic mass is 16.5. The van der Waals surface area contributed by atoms with Gasteiger partial charge >= 0.3 is 0 Å². The van der Waals surface area contributed by atoms with Crippen LogP contribution in [0.1, 0.15) is 38.8 Å². The maximum Gasteiger partial charge on any atom is 0.239 e. The highest BCUT2D eigenvalue weighted by Crippen LogP contribution is 2.43. The molecule has 0 unspecified atom stereocenters. The second kappa shape index (κ2) is 9.81. The highest BCUT2D eigenvalue weighted by Gasteiger charge is 2.26. The molecule has 0 bridgehead atoms. The van der Waals surface area contributed by atoms with Crippen molar-refractivity contribution in [1.29, 1.82) is 0 Å². The van der Waals surface area contributed by atoms with Gasteiger partial charge in [0.05, 0.1) is 14.2 Å². The summed E-state index contributed by atoms with van der Waals surface area (Å²) in [4.78, 5) is 17.6. The standard InChI is InChI=1S/C26H29NO6/c1-14(2)7-9-17-21(28)18(10-8-15(3)4)25-20(22(17)29)23(30)26(32-6)24(33-25)16-11-12-27-19(13-16)31-5/h7-8,11-13,28-29H,9-10H2,1-6H3. The minimum atomic E-state index is -0.529. The number of rotatable bonds is 7. The first-order chi connectivity index (χ1) is 15.7. The third-order valence-corrected chi connectivity index (χ3v) is 5.28. The zero-order chi connectivity index (χ0) is 24.3. The van der Waals surface area contributed by atoms with Crippen molar-refractivity contribution >= 4 is 11.0 Å². The first-order valence-electron chi connectivity index (χ1n) is 10.6. The number of benzene rings is 1. The van der Waals surface area contributed by atoms with E-state index in [1.807, 2.05) is 39.8 Å². The largest absolute Gasteiger partial charge is 0.507 e. The molecule has 0 saturated heterocycles. The molecule has 0 aliphatic heterocycles. The summed E-state index contributed by atoms with van der Waals surface area (Å²) in [6.45, 7) is 7.73. The number of pyridine rings is 1. The topological polar surface area (TPSA) is 102 Å². The molecule has 0 aliphatic rings. The molecule has 0 atom stereocenters. The van der Waals surface area contributed by atoms with Gasteiger partial charge in [0.25, 0.3) is 0 Å². The summed E-state index contributed by atoms with van der Waals surface area (Å²) in [5.74, 6) is 0.0290. The Morgan fingerprint density at radius 1 is 1.00 bits per heavy atom. The van der Waals surface area contributed by atoms with Gasteiger partial charge in [-0.1, -0.05) is 23.3 Å². The molecule has 0 amide bonds. The number of hydrogen-bond acceptors (Lipinski definition) is 7. The van der Waals surface area contributed by atoms with Crippen molar-refractivity contribution in [2.45, 2.75) is 40.5 Å². The van der Waals surface area contributed by atoms with Gasteiger partial charge in [-0.2, -0.15) is 0 Å². The molecule has 7 nitrogen and oxygen atoms in total. The van der Waals surface area contributed by atoms with Crippen LogP contribution < -0.4 is 14.9 Å². The van der Waals surface area contributed by atoms with Gasteiger partial charge in [0.15, 0.2) is 5.76 Å². The van der Waals surface area contributed by atoms with Crippen molar-refractivity contribution in [1.82, 2.24) is 4.98 Å². The van der Waals surface area contributed by atoms with E-state index in [0.29, 0.717) is 23.4 Å². The van der Waals surface area contributed by atoms with E-state index in [0.717, 1.165) is 11.1 Å². The second-order valence-corrected chi connectivity index (χ2v) is 8.21. The van der Waals surface area contributed by atoms with E-state index in [2.05, 4.69) is 4.98 Å². The molecular weight excluding hydrogens is 422 g/mol. The van der Waals surface area contributed by atoms with E-state index in [-0.39, 0.29) is 46.0 Å². The highest BCUT2D eigenvalue weighted by molar-refractivity contribution is 5.93. The number of ether oxygens (including phenoxy) is 2. The van der Waals surface area contributed by atoms with Crippen LogP contribution in [0, 0.1) is 0 Å². The molecule has 3 aromatic rings. The predicted molar refractivity (Wildman–Crippen MR) is 128 cm³/mol. The van der Waals surface area contributed by atoms with Gasteiger partial charge in [-0.15, -0.1) is 0 Å². The minimum Gasteiger partial charge on any atom is -0.507 e. The molecule has 0 saturated carbocycles. The molecule has 0 radical (unpaired) electrons. The number of aromatic hydroxyl groups is 2. The Labute approximate surface area is 192 Å². The Morgan fingerprint density at radius 2 is 1.64 bits per heavy atom. The van der Waals surface area contributed by atoms with E-state index >= 15 is 0 Å². The zero-order valence-corrected chi connectivity index (χ0v) is 19.8. The Hall–Kier alpha value is -3.74. The molecular formula is C26H29NO6. The van der Waals surface area contributed by atoms with Crippen LogP contribution >= 0.6 is 0 Å². The number of aromatic nitrogens is 1. The molecule has 0 aliphatic carbocycles. The molecule has 1 aromatic carbocycles. The molecule has 2 aromatic heterocycles. The SMILES string of the molecule is COc1cc(-c2oc3c(CC=C(C)C)c(O)c(CC=C(C)C)c(O)c3c(=O)c2OC)ccn1. The molecule has 0 fully saturated rings. The lowest BCUT2D eigenvalue weighted by Crippen LogP contribution is -2.10. The van der Waals surface area contributed by atoms with Crippen LogP contribution in [-0.2, 0) is 12.8 Å². The molecule has 7 heteroatoms. The number of allylic oxidation sites excluding steroid dienone is 4. The summed E-state index contributed by atoms with van der Waals surface area (Å²) >= 11 is 0. The Kier molecular flexibility index (Phi) is 7.11. The van der Waals surface area contributed by atoms with Crippen molar-refractivity contribution in [3.8, 4) is 34.5 Å². The average molecular weight is 452 g/mol. The van der Waals surface area contributed by atoms with Crippen LogP contribution in [0.3, 0.4) is 0 Å². The zero-order valence-electron chi connectivity index (χ0n) is 19.8. The van der Waals surface area contributed by atoms with Crippen molar-refractivity contribution in [2.75, 3.05) is 14.2 Å². The van der Waals surface area contributed by atoms with E-state index in [1.54, 1.807) is 12.1 Å². The van der Waals surface area contributed by atoms with Crippen molar-refractivity contribution in [3.63, 3.8) is 0 Å². The number of hydrogen-bond donors (Lipinski definition) is 2. The van der Waals surface area contributed by atoms with Gasteiger partial charge in [0, 0.05) is 29.0 Å². The lowest BCUT2D eigenvalue weighted by molar-refractivity contribution is 0.393. The second-order valence-electron chi connectivity index (χ2n) is 8.21. The minimum absolute atomic E-state index is 0.0243. The molecule has 2 N–H and O–H groups in total. The molecule has 174 valence electrons. The predicted octanol–water partition coefficient (Wildman–Crippen LogP) is 5.30. The normalized spacial score (nSPS) is 10.7. The maximum absolute atomic E-state index is 13.5. The van der Waals surface area contributed by atoms with E-state index in [4.69, 9.17) is 13.9 Å². The number of methoxy groups -OCH3 is 2. The molecule has 2 heterocycles. The fourth-order valence-corrected chi connectivity index (χ4v) is 3.53. The van der Waals surface area contributed by atoms with Gasteiger partial charge in [-0.25, -0.2) is 4.98 Å². The number of fused-ring (bicyclic) bond motifs is 1. The van der Waals surface area contributed by atoms with Gasteiger partial charge in [0.1, 0.15) is 22.5 Å². The number of phenolic OH excluding ortho intramolecular Hbond substituents is 2. The summed E-state index contributed by atoms with van der Waals surface area (Å²) in [5.41, 5.74) is 2.84. The van der Waals surface area contributed by atoms with Gasteiger partial charge in [-0.3, -0.25) is 4.79 Å². The summed E-state index contributed by atoms with van der Waals surface area (Å²) in [5, 5.41) is 22.1. The van der Waals surface area contributed by atoms with E-state index in [9.17, 15) is 15.0 Å². The maximum atomic E-state index is 13.5. The monoisotopic (exact) mass is 451 g/mol. The first kappa shape index (κ1) is 23.9. The van der Waals surface area contributed by atoms with Crippen molar-refractivity contribution < 1.29 is 24.1 Å². The van der Waals surface area contributed by atoms with Crippen LogP contribution in [0.15, 0.2) is 50.8 Å². The Bertz CT molecular complexity index is 1310. The molecule has 0 spiro atoms. The first-order valence-corrected chi connectivity index (χ1v) is 10.6. The van der Waals surface area contributed by atoms with Crippen LogP contribution in [0.25, 0.3) is 22.3 Å².